The minimum Gasteiger partial charge on any atom is -0.493 e. The second-order valence-electron chi connectivity index (χ2n) is 7.32. The molecular formula is C24H33N3O4. The number of nitrogens with one attached hydrogen (secondary N) is 1. The zero-order valence-corrected chi connectivity index (χ0v) is 19.2. The van der Waals surface area contributed by atoms with Gasteiger partial charge in [0.25, 0.3) is 0 Å². The van der Waals surface area contributed by atoms with Crippen molar-refractivity contribution in [1.29, 1.82) is 0 Å². The molecule has 0 amide bonds. The van der Waals surface area contributed by atoms with E-state index >= 15 is 0 Å². The van der Waals surface area contributed by atoms with E-state index in [1.807, 2.05) is 12.1 Å². The molecule has 31 heavy (non-hydrogen) atoms. The molecule has 3 rings (SSSR count). The van der Waals surface area contributed by atoms with Gasteiger partial charge < -0.3 is 29.2 Å². The molecule has 1 N–H and O–H groups in total. The van der Waals surface area contributed by atoms with Crippen molar-refractivity contribution in [2.75, 3.05) is 48.1 Å². The molecule has 1 aliphatic rings. The fourth-order valence-electron chi connectivity index (χ4n) is 3.82. The first kappa shape index (κ1) is 22.6. The van der Waals surface area contributed by atoms with Crippen molar-refractivity contribution < 1.29 is 18.9 Å². The first-order valence-electron chi connectivity index (χ1n) is 10.6. The number of nitrogens with zero attached hydrogens (tertiary/aromatic N) is 2. The molecule has 0 fully saturated rings. The Morgan fingerprint density at radius 2 is 1.55 bits per heavy atom. The van der Waals surface area contributed by atoms with E-state index in [0.717, 1.165) is 67.0 Å². The van der Waals surface area contributed by atoms with Gasteiger partial charge in [0.15, 0.2) is 29.0 Å². The number of ether oxygens (including phenoxy) is 4. The predicted octanol–water partition coefficient (Wildman–Crippen LogP) is 3.29. The van der Waals surface area contributed by atoms with E-state index in [-0.39, 0.29) is 0 Å². The highest BCUT2D eigenvalue weighted by Crippen LogP contribution is 2.33. The van der Waals surface area contributed by atoms with E-state index in [0.29, 0.717) is 6.54 Å². The van der Waals surface area contributed by atoms with Crippen LogP contribution in [0.15, 0.2) is 35.3 Å². The Balaban J connectivity index is 1.71. The summed E-state index contributed by atoms with van der Waals surface area (Å²) in [6.45, 7) is 5.30. The predicted molar refractivity (Wildman–Crippen MR) is 123 cm³/mol. The summed E-state index contributed by atoms with van der Waals surface area (Å²) in [6.07, 6.45) is 1.76. The summed E-state index contributed by atoms with van der Waals surface area (Å²) >= 11 is 0. The molecule has 2 aromatic rings. The first-order valence-corrected chi connectivity index (χ1v) is 10.6. The van der Waals surface area contributed by atoms with E-state index in [9.17, 15) is 0 Å². The smallest absolute Gasteiger partial charge is 0.194 e. The van der Waals surface area contributed by atoms with Crippen molar-refractivity contribution in [2.45, 2.75) is 26.3 Å². The Kier molecular flexibility index (Phi) is 7.87. The van der Waals surface area contributed by atoms with Crippen LogP contribution in [-0.2, 0) is 19.4 Å². The molecular weight excluding hydrogens is 394 g/mol. The molecule has 0 unspecified atom stereocenters. The van der Waals surface area contributed by atoms with Crippen molar-refractivity contribution in [3.63, 3.8) is 0 Å². The molecule has 7 nitrogen and oxygen atoms in total. The minimum absolute atomic E-state index is 0.688. The molecule has 0 saturated heterocycles. The third-order valence-corrected chi connectivity index (χ3v) is 5.46. The normalized spacial score (nSPS) is 13.5. The number of benzene rings is 2. The van der Waals surface area contributed by atoms with Crippen molar-refractivity contribution >= 4 is 5.96 Å². The summed E-state index contributed by atoms with van der Waals surface area (Å²) in [5.74, 6) is 3.96. The monoisotopic (exact) mass is 427 g/mol. The van der Waals surface area contributed by atoms with Crippen LogP contribution in [0.1, 0.15) is 23.6 Å². The van der Waals surface area contributed by atoms with Gasteiger partial charge in [-0.2, -0.15) is 0 Å². The van der Waals surface area contributed by atoms with Crippen molar-refractivity contribution in [1.82, 2.24) is 10.2 Å². The van der Waals surface area contributed by atoms with Gasteiger partial charge >= 0.3 is 0 Å². The Morgan fingerprint density at radius 3 is 2.19 bits per heavy atom. The van der Waals surface area contributed by atoms with Gasteiger partial charge in [-0.3, -0.25) is 4.99 Å². The van der Waals surface area contributed by atoms with E-state index < -0.39 is 0 Å². The number of hydrogen-bond donors (Lipinski definition) is 1. The van der Waals surface area contributed by atoms with E-state index in [4.69, 9.17) is 23.9 Å². The van der Waals surface area contributed by atoms with Gasteiger partial charge in [0.2, 0.25) is 0 Å². The number of guanidine groups is 1. The second-order valence-corrected chi connectivity index (χ2v) is 7.32. The van der Waals surface area contributed by atoms with Crippen molar-refractivity contribution in [2.24, 2.45) is 4.99 Å². The van der Waals surface area contributed by atoms with Gasteiger partial charge in [-0.15, -0.1) is 0 Å². The van der Waals surface area contributed by atoms with Crippen LogP contribution in [-0.4, -0.2) is 58.9 Å². The van der Waals surface area contributed by atoms with Crippen LogP contribution in [0, 0.1) is 0 Å². The molecule has 1 aliphatic heterocycles. The maximum atomic E-state index is 5.49. The second kappa shape index (κ2) is 10.8. The summed E-state index contributed by atoms with van der Waals surface area (Å²) in [6, 6.07) is 10.2. The molecule has 1 heterocycles. The van der Waals surface area contributed by atoms with Crippen LogP contribution >= 0.6 is 0 Å². The Labute approximate surface area is 185 Å². The van der Waals surface area contributed by atoms with Crippen LogP contribution in [0.25, 0.3) is 0 Å². The number of hydrogen-bond acceptors (Lipinski definition) is 5. The highest BCUT2D eigenvalue weighted by molar-refractivity contribution is 5.80. The maximum absolute atomic E-state index is 5.49. The largest absolute Gasteiger partial charge is 0.493 e. The molecule has 0 aromatic heterocycles. The lowest BCUT2D eigenvalue weighted by Gasteiger charge is -2.32. The third kappa shape index (κ3) is 5.34. The Bertz CT molecular complexity index is 914. The molecule has 168 valence electrons. The fraction of sp³-hybridized carbons (Fsp3) is 0.458. The Morgan fingerprint density at radius 1 is 0.903 bits per heavy atom. The van der Waals surface area contributed by atoms with Crippen molar-refractivity contribution in [3.05, 3.63) is 47.0 Å². The third-order valence-electron chi connectivity index (χ3n) is 5.46. The topological polar surface area (TPSA) is 64.6 Å². The zero-order chi connectivity index (χ0) is 22.2. The molecule has 0 saturated carbocycles. The highest BCUT2D eigenvalue weighted by Gasteiger charge is 2.21. The van der Waals surface area contributed by atoms with Crippen LogP contribution < -0.4 is 24.3 Å². The average molecular weight is 428 g/mol. The standard InChI is InChI=1S/C24H33N3O4/c1-6-25-24(26-11-9-17-7-8-20(28-2)21(13-17)29-3)27-12-10-18-14-22(30-4)23(31-5)15-19(18)16-27/h7-8,13-15H,6,9-12,16H2,1-5H3,(H,25,26). The average Bonchev–Trinajstić information content (AvgIpc) is 2.81. The van der Waals surface area contributed by atoms with Gasteiger partial charge in [0.1, 0.15) is 0 Å². The van der Waals surface area contributed by atoms with Crippen LogP contribution in [0.5, 0.6) is 23.0 Å². The summed E-state index contributed by atoms with van der Waals surface area (Å²) in [5, 5.41) is 3.44. The quantitative estimate of drug-likeness (QED) is 0.515. The molecule has 0 aliphatic carbocycles. The van der Waals surface area contributed by atoms with Gasteiger partial charge in [-0.05, 0) is 60.7 Å². The molecule has 0 bridgehead atoms. The lowest BCUT2D eigenvalue weighted by atomic mass is 9.99. The lowest BCUT2D eigenvalue weighted by Crippen LogP contribution is -2.44. The minimum atomic E-state index is 0.688. The number of fused-ring (bicyclic) bond motifs is 1. The lowest BCUT2D eigenvalue weighted by molar-refractivity contribution is 0.346. The number of aliphatic imine (C=N–C) groups is 1. The zero-order valence-electron chi connectivity index (χ0n) is 19.2. The first-order chi connectivity index (χ1) is 15.1. The van der Waals surface area contributed by atoms with Gasteiger partial charge in [0.05, 0.1) is 28.4 Å². The van der Waals surface area contributed by atoms with Crippen molar-refractivity contribution in [3.8, 4) is 23.0 Å². The molecule has 0 spiro atoms. The molecule has 7 heteroatoms. The van der Waals surface area contributed by atoms with E-state index in [2.05, 4.69) is 35.3 Å². The summed E-state index contributed by atoms with van der Waals surface area (Å²) in [7, 11) is 6.65. The molecule has 0 atom stereocenters. The van der Waals surface area contributed by atoms with Crippen LogP contribution in [0.3, 0.4) is 0 Å². The molecule has 2 aromatic carbocycles. The number of rotatable bonds is 8. The van der Waals surface area contributed by atoms with Gasteiger partial charge in [-0.1, -0.05) is 6.07 Å². The fourth-order valence-corrected chi connectivity index (χ4v) is 3.82. The Hall–Kier alpha value is -3.09. The maximum Gasteiger partial charge on any atom is 0.194 e. The van der Waals surface area contributed by atoms with Crippen LogP contribution in [0.2, 0.25) is 0 Å². The summed E-state index contributed by atoms with van der Waals surface area (Å²) in [5.41, 5.74) is 3.71. The highest BCUT2D eigenvalue weighted by atomic mass is 16.5. The number of methoxy groups -OCH3 is 4. The molecule has 0 radical (unpaired) electrons. The summed E-state index contributed by atoms with van der Waals surface area (Å²) < 4.78 is 21.7. The SMILES string of the molecule is CCNC(=NCCc1ccc(OC)c(OC)c1)N1CCc2cc(OC)c(OC)cc2C1. The van der Waals surface area contributed by atoms with E-state index in [1.165, 1.54) is 11.1 Å². The van der Waals surface area contributed by atoms with Crippen LogP contribution in [0.4, 0.5) is 0 Å². The van der Waals surface area contributed by atoms with Gasteiger partial charge in [0, 0.05) is 26.2 Å². The van der Waals surface area contributed by atoms with Gasteiger partial charge in [-0.25, -0.2) is 0 Å². The van der Waals surface area contributed by atoms with E-state index in [1.54, 1.807) is 28.4 Å². The summed E-state index contributed by atoms with van der Waals surface area (Å²) in [4.78, 5) is 7.18.